The van der Waals surface area contributed by atoms with Crippen LogP contribution in [0.25, 0.3) is 5.69 Å². The third-order valence-corrected chi connectivity index (χ3v) is 6.30. The zero-order chi connectivity index (χ0) is 17.2. The van der Waals surface area contributed by atoms with E-state index < -0.39 is 9.84 Å². The number of tetrazole rings is 1. The lowest BCUT2D eigenvalue weighted by Gasteiger charge is -2.10. The SMILES string of the molecule is Cc1cccc(-n2nnnc2SCC(=O)N[C@@H]2CCS(=O)(=O)C2)c1. The Morgan fingerprint density at radius 3 is 3.00 bits per heavy atom. The third-order valence-electron chi connectivity index (χ3n) is 3.62. The number of aryl methyl sites for hydroxylation is 1. The molecule has 0 bridgehead atoms. The summed E-state index contributed by atoms with van der Waals surface area (Å²) in [5.74, 6) is 0.0602. The molecule has 1 aliphatic rings. The molecule has 1 aromatic carbocycles. The van der Waals surface area contributed by atoms with Gasteiger partial charge in [0.1, 0.15) is 0 Å². The predicted molar refractivity (Wildman–Crippen MR) is 89.8 cm³/mol. The molecule has 1 aromatic heterocycles. The van der Waals surface area contributed by atoms with Gasteiger partial charge in [0.25, 0.3) is 0 Å². The first-order valence-electron chi connectivity index (χ1n) is 7.41. The van der Waals surface area contributed by atoms with Gasteiger partial charge in [0.15, 0.2) is 9.84 Å². The number of nitrogens with zero attached hydrogens (tertiary/aromatic N) is 4. The van der Waals surface area contributed by atoms with Gasteiger partial charge in [0.2, 0.25) is 11.1 Å². The van der Waals surface area contributed by atoms with Crippen molar-refractivity contribution in [2.75, 3.05) is 17.3 Å². The zero-order valence-electron chi connectivity index (χ0n) is 13.0. The lowest BCUT2D eigenvalue weighted by Crippen LogP contribution is -2.36. The molecular weight excluding hydrogens is 350 g/mol. The molecular formula is C14H17N5O3S2. The first-order valence-corrected chi connectivity index (χ1v) is 10.2. The fourth-order valence-electron chi connectivity index (χ4n) is 2.50. The van der Waals surface area contributed by atoms with Crippen molar-refractivity contribution in [1.82, 2.24) is 25.5 Å². The number of thioether (sulfide) groups is 1. The molecule has 3 rings (SSSR count). The Morgan fingerprint density at radius 1 is 1.46 bits per heavy atom. The molecule has 1 N–H and O–H groups in total. The van der Waals surface area contributed by atoms with Crippen LogP contribution < -0.4 is 5.32 Å². The van der Waals surface area contributed by atoms with E-state index >= 15 is 0 Å². The average molecular weight is 367 g/mol. The van der Waals surface area contributed by atoms with Gasteiger partial charge in [-0.3, -0.25) is 4.79 Å². The summed E-state index contributed by atoms with van der Waals surface area (Å²) in [6.45, 7) is 1.98. The Morgan fingerprint density at radius 2 is 2.29 bits per heavy atom. The summed E-state index contributed by atoms with van der Waals surface area (Å²) in [6, 6.07) is 7.43. The van der Waals surface area contributed by atoms with Crippen LogP contribution in [0.4, 0.5) is 0 Å². The smallest absolute Gasteiger partial charge is 0.230 e. The second-order valence-corrected chi connectivity index (χ2v) is 8.84. The van der Waals surface area contributed by atoms with Crippen molar-refractivity contribution in [3.8, 4) is 5.69 Å². The van der Waals surface area contributed by atoms with Crippen LogP contribution in [0.15, 0.2) is 29.4 Å². The number of aromatic nitrogens is 4. The normalized spacial score (nSPS) is 19.3. The number of amides is 1. The van der Waals surface area contributed by atoms with Crippen LogP contribution >= 0.6 is 11.8 Å². The summed E-state index contributed by atoms with van der Waals surface area (Å²) in [4.78, 5) is 12.0. The molecule has 0 unspecified atom stereocenters. The van der Waals surface area contributed by atoms with Crippen molar-refractivity contribution in [2.24, 2.45) is 0 Å². The maximum Gasteiger partial charge on any atom is 0.230 e. The van der Waals surface area contributed by atoms with Gasteiger partial charge in [-0.05, 0) is 41.5 Å². The molecule has 0 saturated carbocycles. The zero-order valence-corrected chi connectivity index (χ0v) is 14.7. The molecule has 1 aliphatic heterocycles. The number of benzene rings is 1. The first kappa shape index (κ1) is 16.9. The Balaban J connectivity index is 1.60. The topological polar surface area (TPSA) is 107 Å². The van der Waals surface area contributed by atoms with Gasteiger partial charge < -0.3 is 5.32 Å². The molecule has 2 heterocycles. The van der Waals surface area contributed by atoms with Crippen LogP contribution in [0.3, 0.4) is 0 Å². The average Bonchev–Trinajstić information content (AvgIpc) is 3.11. The summed E-state index contributed by atoms with van der Waals surface area (Å²) in [6.07, 6.45) is 0.472. The predicted octanol–water partition coefficient (Wildman–Crippen LogP) is 0.366. The van der Waals surface area contributed by atoms with E-state index in [1.54, 1.807) is 4.68 Å². The van der Waals surface area contributed by atoms with E-state index in [0.29, 0.717) is 11.6 Å². The summed E-state index contributed by atoms with van der Waals surface area (Å²) in [5.41, 5.74) is 1.91. The van der Waals surface area contributed by atoms with Gasteiger partial charge >= 0.3 is 0 Å². The second kappa shape index (κ2) is 6.89. The molecule has 0 aliphatic carbocycles. The largest absolute Gasteiger partial charge is 0.352 e. The van der Waals surface area contributed by atoms with Crippen LogP contribution in [0.1, 0.15) is 12.0 Å². The minimum Gasteiger partial charge on any atom is -0.352 e. The lowest BCUT2D eigenvalue weighted by atomic mass is 10.2. The van der Waals surface area contributed by atoms with Crippen molar-refractivity contribution >= 4 is 27.5 Å². The monoisotopic (exact) mass is 367 g/mol. The molecule has 8 nitrogen and oxygen atoms in total. The fraction of sp³-hybridized carbons (Fsp3) is 0.429. The third kappa shape index (κ3) is 4.12. The van der Waals surface area contributed by atoms with Crippen molar-refractivity contribution in [2.45, 2.75) is 24.5 Å². The minimum atomic E-state index is -3.00. The first-order chi connectivity index (χ1) is 11.4. The highest BCUT2D eigenvalue weighted by Gasteiger charge is 2.28. The van der Waals surface area contributed by atoms with Crippen molar-refractivity contribution in [1.29, 1.82) is 0 Å². The highest BCUT2D eigenvalue weighted by molar-refractivity contribution is 7.99. The Kier molecular flexibility index (Phi) is 4.86. The molecule has 128 valence electrons. The van der Waals surface area contributed by atoms with Gasteiger partial charge in [0.05, 0.1) is 22.9 Å². The van der Waals surface area contributed by atoms with E-state index in [4.69, 9.17) is 0 Å². The van der Waals surface area contributed by atoms with E-state index in [2.05, 4.69) is 20.8 Å². The van der Waals surface area contributed by atoms with Gasteiger partial charge in [0, 0.05) is 6.04 Å². The van der Waals surface area contributed by atoms with Crippen molar-refractivity contribution in [3.63, 3.8) is 0 Å². The molecule has 1 fully saturated rings. The number of carbonyl (C=O) groups excluding carboxylic acids is 1. The van der Waals surface area contributed by atoms with Crippen LogP contribution in [0, 0.1) is 6.92 Å². The molecule has 0 spiro atoms. The van der Waals surface area contributed by atoms with E-state index in [9.17, 15) is 13.2 Å². The molecule has 2 aromatic rings. The maximum atomic E-state index is 12.0. The van der Waals surface area contributed by atoms with Gasteiger partial charge in [-0.15, -0.1) is 5.10 Å². The van der Waals surface area contributed by atoms with E-state index in [1.807, 2.05) is 31.2 Å². The Hall–Kier alpha value is -1.94. The molecule has 0 radical (unpaired) electrons. The summed E-state index contributed by atoms with van der Waals surface area (Å²) in [5, 5.41) is 14.8. The highest BCUT2D eigenvalue weighted by Crippen LogP contribution is 2.19. The van der Waals surface area contributed by atoms with Crippen LogP contribution in [-0.2, 0) is 14.6 Å². The number of nitrogens with one attached hydrogen (secondary N) is 1. The summed E-state index contributed by atoms with van der Waals surface area (Å²) >= 11 is 1.21. The fourth-order valence-corrected chi connectivity index (χ4v) is 4.87. The second-order valence-electron chi connectivity index (χ2n) is 5.67. The van der Waals surface area contributed by atoms with E-state index in [0.717, 1.165) is 11.3 Å². The lowest BCUT2D eigenvalue weighted by molar-refractivity contribution is -0.119. The molecule has 1 amide bonds. The van der Waals surface area contributed by atoms with Crippen LogP contribution in [0.5, 0.6) is 0 Å². The quantitative estimate of drug-likeness (QED) is 0.761. The van der Waals surface area contributed by atoms with Crippen LogP contribution in [0.2, 0.25) is 0 Å². The molecule has 1 saturated heterocycles. The van der Waals surface area contributed by atoms with Crippen molar-refractivity contribution < 1.29 is 13.2 Å². The Labute approximate surface area is 143 Å². The highest BCUT2D eigenvalue weighted by atomic mass is 32.2. The standard InChI is InChI=1S/C14H17N5O3S2/c1-10-3-2-4-12(7-10)19-14(16-17-18-19)23-8-13(20)15-11-5-6-24(21,22)9-11/h2-4,7,11H,5-6,8-9H2,1H3,(H,15,20)/t11-/m1/s1. The van der Waals surface area contributed by atoms with E-state index in [1.165, 1.54) is 11.8 Å². The summed E-state index contributed by atoms with van der Waals surface area (Å²) in [7, 11) is -3.00. The minimum absolute atomic E-state index is 0.0183. The van der Waals surface area contributed by atoms with Crippen molar-refractivity contribution in [3.05, 3.63) is 29.8 Å². The van der Waals surface area contributed by atoms with Gasteiger partial charge in [-0.2, -0.15) is 4.68 Å². The number of hydrogen-bond donors (Lipinski definition) is 1. The molecule has 1 atom stereocenters. The number of rotatable bonds is 5. The number of carbonyl (C=O) groups is 1. The maximum absolute atomic E-state index is 12.0. The molecule has 10 heteroatoms. The summed E-state index contributed by atoms with van der Waals surface area (Å²) < 4.78 is 24.4. The van der Waals surface area contributed by atoms with Crippen LogP contribution in [-0.4, -0.2) is 57.8 Å². The number of sulfone groups is 1. The molecule has 24 heavy (non-hydrogen) atoms. The number of hydrogen-bond acceptors (Lipinski definition) is 7. The Bertz CT molecular complexity index is 850. The van der Waals surface area contributed by atoms with Gasteiger partial charge in [-0.25, -0.2) is 8.42 Å². The van der Waals surface area contributed by atoms with E-state index in [-0.39, 0.29) is 29.2 Å². The van der Waals surface area contributed by atoms with Gasteiger partial charge in [-0.1, -0.05) is 23.9 Å².